The third-order valence-electron chi connectivity index (χ3n) is 4.49. The Labute approximate surface area is 166 Å². The van der Waals surface area contributed by atoms with Crippen LogP contribution in [0.4, 0.5) is 14.5 Å². The topological polar surface area (TPSA) is 96.0 Å². The highest BCUT2D eigenvalue weighted by molar-refractivity contribution is 5.95. The van der Waals surface area contributed by atoms with Gasteiger partial charge in [0, 0.05) is 51.3 Å². The highest BCUT2D eigenvalue weighted by Crippen LogP contribution is 2.14. The summed E-state index contributed by atoms with van der Waals surface area (Å²) >= 11 is 0. The Hall–Kier alpha value is -3.04. The number of nitrogens with zero attached hydrogens (tertiary/aromatic N) is 2. The molecule has 1 saturated heterocycles. The van der Waals surface area contributed by atoms with Gasteiger partial charge in [-0.15, -0.1) is 0 Å². The van der Waals surface area contributed by atoms with Crippen LogP contribution in [0, 0.1) is 11.6 Å². The van der Waals surface area contributed by atoms with Crippen molar-refractivity contribution < 1.29 is 32.7 Å². The molecule has 1 heterocycles. The fraction of sp³-hybridized carbons (Fsp3) is 0.474. The molecule has 2 rings (SSSR count). The molecule has 10 heteroatoms. The summed E-state index contributed by atoms with van der Waals surface area (Å²) in [6, 6.07) is 2.85. The lowest BCUT2D eigenvalue weighted by Gasteiger charge is -2.34. The molecule has 0 radical (unpaired) electrons. The van der Waals surface area contributed by atoms with Crippen LogP contribution in [0.1, 0.15) is 26.7 Å². The Morgan fingerprint density at radius 3 is 2.24 bits per heavy atom. The SMILES string of the molecule is CC(=O)N1CCN(C(=O)CCC(=O)O[C@H](C)C(=O)Nc2ccc(F)c(F)c2)CC1. The Kier molecular flexibility index (Phi) is 7.63. The molecule has 0 bridgehead atoms. The van der Waals surface area contributed by atoms with Gasteiger partial charge < -0.3 is 19.9 Å². The number of ether oxygens (including phenoxy) is 1. The summed E-state index contributed by atoms with van der Waals surface area (Å²) in [5, 5.41) is 2.31. The largest absolute Gasteiger partial charge is 0.453 e. The number of halogens is 2. The van der Waals surface area contributed by atoms with E-state index < -0.39 is 29.6 Å². The summed E-state index contributed by atoms with van der Waals surface area (Å²) in [6.07, 6.45) is -1.45. The van der Waals surface area contributed by atoms with Crippen molar-refractivity contribution in [2.45, 2.75) is 32.8 Å². The van der Waals surface area contributed by atoms with Gasteiger partial charge in [0.25, 0.3) is 5.91 Å². The smallest absolute Gasteiger partial charge is 0.307 e. The van der Waals surface area contributed by atoms with Crippen LogP contribution in [0.2, 0.25) is 0 Å². The highest BCUT2D eigenvalue weighted by Gasteiger charge is 2.24. The number of hydrogen-bond donors (Lipinski definition) is 1. The van der Waals surface area contributed by atoms with Crippen LogP contribution in [0.5, 0.6) is 0 Å². The molecule has 1 aromatic rings. The summed E-state index contributed by atoms with van der Waals surface area (Å²) in [5.74, 6) is -3.88. The number of piperazine rings is 1. The van der Waals surface area contributed by atoms with Crippen molar-refractivity contribution >= 4 is 29.4 Å². The van der Waals surface area contributed by atoms with Crippen LogP contribution in [0.25, 0.3) is 0 Å². The molecular weight excluding hydrogens is 388 g/mol. The van der Waals surface area contributed by atoms with Crippen molar-refractivity contribution in [1.82, 2.24) is 9.80 Å². The molecule has 1 aliphatic rings. The monoisotopic (exact) mass is 411 g/mol. The van der Waals surface area contributed by atoms with Gasteiger partial charge in [0.2, 0.25) is 11.8 Å². The van der Waals surface area contributed by atoms with Gasteiger partial charge in [0.1, 0.15) is 0 Å². The van der Waals surface area contributed by atoms with E-state index in [1.807, 2.05) is 0 Å². The minimum atomic E-state index is -1.18. The lowest BCUT2D eigenvalue weighted by Crippen LogP contribution is -2.50. The number of carbonyl (C=O) groups is 4. The summed E-state index contributed by atoms with van der Waals surface area (Å²) in [5.41, 5.74) is 0.0247. The standard InChI is InChI=1S/C19H23F2N3O5/c1-12(19(28)22-14-3-4-15(20)16(21)11-14)29-18(27)6-5-17(26)24-9-7-23(8-10-24)13(2)25/h3-4,11-12H,5-10H2,1-2H3,(H,22,28)/t12-/m1/s1. The van der Waals surface area contributed by atoms with Crippen LogP contribution in [0.3, 0.4) is 0 Å². The minimum absolute atomic E-state index is 0.0247. The molecule has 0 aromatic heterocycles. The number of esters is 1. The first-order chi connectivity index (χ1) is 13.7. The van der Waals surface area contributed by atoms with Crippen LogP contribution < -0.4 is 5.32 Å². The fourth-order valence-electron chi connectivity index (χ4n) is 2.77. The van der Waals surface area contributed by atoms with Gasteiger partial charge in [-0.25, -0.2) is 8.78 Å². The van der Waals surface area contributed by atoms with Gasteiger partial charge in [-0.1, -0.05) is 0 Å². The normalized spacial score (nSPS) is 14.9. The second-order valence-electron chi connectivity index (χ2n) is 6.64. The van der Waals surface area contributed by atoms with Gasteiger partial charge in [-0.2, -0.15) is 0 Å². The molecule has 0 aliphatic carbocycles. The molecule has 1 aliphatic heterocycles. The maximum atomic E-state index is 13.2. The molecule has 29 heavy (non-hydrogen) atoms. The van der Waals surface area contributed by atoms with E-state index in [0.717, 1.165) is 12.1 Å². The lowest BCUT2D eigenvalue weighted by molar-refractivity contribution is -0.154. The van der Waals surface area contributed by atoms with Gasteiger partial charge in [-0.3, -0.25) is 19.2 Å². The van der Waals surface area contributed by atoms with Gasteiger partial charge >= 0.3 is 5.97 Å². The Morgan fingerprint density at radius 2 is 1.66 bits per heavy atom. The Morgan fingerprint density at radius 1 is 1.03 bits per heavy atom. The van der Waals surface area contributed by atoms with E-state index in [9.17, 15) is 28.0 Å². The number of carbonyl (C=O) groups excluding carboxylic acids is 4. The van der Waals surface area contributed by atoms with Crippen molar-refractivity contribution in [3.8, 4) is 0 Å². The Balaban J connectivity index is 1.73. The van der Waals surface area contributed by atoms with E-state index in [4.69, 9.17) is 4.74 Å². The summed E-state index contributed by atoms with van der Waals surface area (Å²) in [6.45, 7) is 4.51. The van der Waals surface area contributed by atoms with Gasteiger partial charge in [-0.05, 0) is 19.1 Å². The summed E-state index contributed by atoms with van der Waals surface area (Å²) < 4.78 is 31.0. The number of hydrogen-bond acceptors (Lipinski definition) is 5. The fourth-order valence-corrected chi connectivity index (χ4v) is 2.77. The zero-order chi connectivity index (χ0) is 21.6. The number of benzene rings is 1. The van der Waals surface area contributed by atoms with Crippen LogP contribution >= 0.6 is 0 Å². The van der Waals surface area contributed by atoms with Crippen LogP contribution in [-0.2, 0) is 23.9 Å². The third-order valence-corrected chi connectivity index (χ3v) is 4.49. The molecule has 8 nitrogen and oxygen atoms in total. The number of amides is 3. The second kappa shape index (κ2) is 9.94. The van der Waals surface area contributed by atoms with Crippen molar-refractivity contribution in [1.29, 1.82) is 0 Å². The predicted octanol–water partition coefficient (Wildman–Crippen LogP) is 1.31. The minimum Gasteiger partial charge on any atom is -0.453 e. The molecule has 3 amide bonds. The number of rotatable bonds is 6. The molecule has 1 aromatic carbocycles. The molecule has 0 saturated carbocycles. The molecule has 158 valence electrons. The van der Waals surface area contributed by atoms with Crippen molar-refractivity contribution in [2.24, 2.45) is 0 Å². The maximum absolute atomic E-state index is 13.2. The zero-order valence-electron chi connectivity index (χ0n) is 16.2. The number of nitrogens with one attached hydrogen (secondary N) is 1. The highest BCUT2D eigenvalue weighted by atomic mass is 19.2. The zero-order valence-corrected chi connectivity index (χ0v) is 16.2. The molecule has 1 atom stereocenters. The van der Waals surface area contributed by atoms with E-state index in [1.165, 1.54) is 19.9 Å². The molecular formula is C19H23F2N3O5. The average molecular weight is 411 g/mol. The molecule has 0 spiro atoms. The van der Waals surface area contributed by atoms with E-state index in [-0.39, 0.29) is 30.3 Å². The van der Waals surface area contributed by atoms with Gasteiger partial charge in [0.05, 0.1) is 6.42 Å². The molecule has 1 fully saturated rings. The van der Waals surface area contributed by atoms with E-state index in [2.05, 4.69) is 5.32 Å². The summed E-state index contributed by atoms with van der Waals surface area (Å²) in [7, 11) is 0. The van der Waals surface area contributed by atoms with Crippen molar-refractivity contribution in [2.75, 3.05) is 31.5 Å². The van der Waals surface area contributed by atoms with E-state index in [1.54, 1.807) is 9.80 Å². The van der Waals surface area contributed by atoms with Gasteiger partial charge in [0.15, 0.2) is 17.7 Å². The van der Waals surface area contributed by atoms with E-state index >= 15 is 0 Å². The first kappa shape index (κ1) is 22.3. The molecule has 0 unspecified atom stereocenters. The third kappa shape index (κ3) is 6.51. The van der Waals surface area contributed by atoms with Crippen molar-refractivity contribution in [3.05, 3.63) is 29.8 Å². The molecule has 1 N–H and O–H groups in total. The second-order valence-corrected chi connectivity index (χ2v) is 6.64. The summed E-state index contributed by atoms with van der Waals surface area (Å²) in [4.78, 5) is 50.6. The van der Waals surface area contributed by atoms with Crippen LogP contribution in [0.15, 0.2) is 18.2 Å². The van der Waals surface area contributed by atoms with E-state index in [0.29, 0.717) is 26.2 Å². The number of anilines is 1. The average Bonchev–Trinajstić information content (AvgIpc) is 2.68. The Bertz CT molecular complexity index is 794. The lowest BCUT2D eigenvalue weighted by atomic mass is 10.2. The maximum Gasteiger partial charge on any atom is 0.307 e. The first-order valence-electron chi connectivity index (χ1n) is 9.16. The predicted molar refractivity (Wildman–Crippen MR) is 98.6 cm³/mol. The van der Waals surface area contributed by atoms with Crippen LogP contribution in [-0.4, -0.2) is 65.8 Å². The quantitative estimate of drug-likeness (QED) is 0.712. The first-order valence-corrected chi connectivity index (χ1v) is 9.16. The van der Waals surface area contributed by atoms with Crippen molar-refractivity contribution in [3.63, 3.8) is 0 Å².